The van der Waals surface area contributed by atoms with E-state index in [0.29, 0.717) is 31.8 Å². The summed E-state index contributed by atoms with van der Waals surface area (Å²) >= 11 is 0. The van der Waals surface area contributed by atoms with Crippen LogP contribution in [0.4, 0.5) is 4.39 Å². The number of ether oxygens (including phenoxy) is 2. The molecule has 0 bridgehead atoms. The van der Waals surface area contributed by atoms with Crippen molar-refractivity contribution in [3.8, 4) is 22.8 Å². The van der Waals surface area contributed by atoms with Crippen molar-refractivity contribution in [2.75, 3.05) is 13.2 Å². The lowest BCUT2D eigenvalue weighted by molar-refractivity contribution is 0.275. The molecule has 1 aromatic carbocycles. The minimum atomic E-state index is -0.851. The van der Waals surface area contributed by atoms with Crippen LogP contribution in [0, 0.1) is 17.7 Å². The molecule has 1 saturated carbocycles. The van der Waals surface area contributed by atoms with Gasteiger partial charge in [0, 0.05) is 29.8 Å². The lowest BCUT2D eigenvalue weighted by Gasteiger charge is -2.35. The fourth-order valence-corrected chi connectivity index (χ4v) is 4.90. The summed E-state index contributed by atoms with van der Waals surface area (Å²) in [5.74, 6) is 1.10. The van der Waals surface area contributed by atoms with E-state index < -0.39 is 17.0 Å². The Kier molecular flexibility index (Phi) is 4.83. The van der Waals surface area contributed by atoms with Gasteiger partial charge in [0.25, 0.3) is 0 Å². The fraction of sp³-hybridized carbons (Fsp3) is 0.480. The third kappa shape index (κ3) is 3.33. The van der Waals surface area contributed by atoms with Crippen LogP contribution < -0.4 is 14.9 Å². The summed E-state index contributed by atoms with van der Waals surface area (Å²) in [6.45, 7) is 8.76. The normalized spacial score (nSPS) is 18.9. The Morgan fingerprint density at radius 3 is 2.87 bits per heavy atom. The van der Waals surface area contributed by atoms with Gasteiger partial charge in [0.2, 0.25) is 5.43 Å². The molecule has 0 amide bonds. The van der Waals surface area contributed by atoms with Gasteiger partial charge in [-0.2, -0.15) is 0 Å². The van der Waals surface area contributed by atoms with Crippen LogP contribution in [0.5, 0.6) is 11.5 Å². The zero-order chi connectivity index (χ0) is 21.9. The van der Waals surface area contributed by atoms with Crippen LogP contribution in [-0.2, 0) is 12.8 Å². The molecule has 0 saturated heterocycles. The van der Waals surface area contributed by atoms with Crippen LogP contribution in [0.3, 0.4) is 0 Å². The maximum Gasteiger partial charge on any atom is 0.228 e. The summed E-state index contributed by atoms with van der Waals surface area (Å²) in [6, 6.07) is 1.92. The monoisotopic (exact) mass is 425 g/mol. The molecular formula is C25H28FNO4. The molecule has 1 fully saturated rings. The van der Waals surface area contributed by atoms with E-state index in [2.05, 4.69) is 20.4 Å². The second kappa shape index (κ2) is 7.43. The van der Waals surface area contributed by atoms with E-state index in [1.54, 1.807) is 6.20 Å². The van der Waals surface area contributed by atoms with E-state index in [1.165, 1.54) is 12.8 Å². The zero-order valence-corrected chi connectivity index (χ0v) is 18.0. The lowest BCUT2D eigenvalue weighted by atomic mass is 9.84. The van der Waals surface area contributed by atoms with E-state index in [4.69, 9.17) is 9.47 Å². The molecule has 6 heteroatoms. The first-order valence-corrected chi connectivity index (χ1v) is 11.1. The molecule has 3 heterocycles. The number of aromatic nitrogens is 1. The highest BCUT2D eigenvalue weighted by molar-refractivity contribution is 5.77. The van der Waals surface area contributed by atoms with Gasteiger partial charge in [-0.1, -0.05) is 33.3 Å². The minimum absolute atomic E-state index is 0.0598. The van der Waals surface area contributed by atoms with E-state index in [-0.39, 0.29) is 23.2 Å². The van der Waals surface area contributed by atoms with Crippen molar-refractivity contribution >= 4 is 5.76 Å². The number of nitrogens with zero attached hydrogens (tertiary/aromatic N) is 1. The average molecular weight is 426 g/mol. The predicted octanol–water partition coefficient (Wildman–Crippen LogP) is 5.05. The van der Waals surface area contributed by atoms with Gasteiger partial charge in [-0.3, -0.25) is 4.79 Å². The number of benzene rings is 1. The van der Waals surface area contributed by atoms with Gasteiger partial charge in [-0.15, -0.1) is 0 Å². The molecular weight excluding hydrogens is 397 g/mol. The van der Waals surface area contributed by atoms with Gasteiger partial charge in [0.1, 0.15) is 5.76 Å². The summed E-state index contributed by atoms with van der Waals surface area (Å²) in [5, 5.41) is 9.86. The maximum absolute atomic E-state index is 15.5. The maximum atomic E-state index is 15.5. The number of hydrogen-bond donors (Lipinski definition) is 1. The number of halogens is 1. The van der Waals surface area contributed by atoms with Crippen LogP contribution in [-0.4, -0.2) is 22.9 Å². The number of aliphatic hydroxyl groups is 1. The van der Waals surface area contributed by atoms with Crippen molar-refractivity contribution in [2.45, 2.75) is 52.0 Å². The van der Waals surface area contributed by atoms with Crippen molar-refractivity contribution in [2.24, 2.45) is 11.8 Å². The SMILES string of the molecule is C=C(O)c1cn2c(c(F)c1=O)-c1c(cc(OCCC3CC3)c3c1CCO3)CC2C(C)C. The van der Waals surface area contributed by atoms with Gasteiger partial charge in [0.05, 0.1) is 24.5 Å². The highest BCUT2D eigenvalue weighted by Gasteiger charge is 2.36. The number of fused-ring (bicyclic) bond motifs is 5. The second-order valence-corrected chi connectivity index (χ2v) is 9.30. The first-order valence-electron chi connectivity index (χ1n) is 11.1. The van der Waals surface area contributed by atoms with Gasteiger partial charge >= 0.3 is 0 Å². The number of hydrogen-bond acceptors (Lipinski definition) is 4. The fourth-order valence-electron chi connectivity index (χ4n) is 4.90. The van der Waals surface area contributed by atoms with Crippen LogP contribution >= 0.6 is 0 Å². The molecule has 0 radical (unpaired) electrons. The third-order valence-electron chi connectivity index (χ3n) is 6.79. The van der Waals surface area contributed by atoms with Gasteiger partial charge in [-0.05, 0) is 36.3 Å². The van der Waals surface area contributed by atoms with Crippen LogP contribution in [0.1, 0.15) is 55.8 Å². The zero-order valence-electron chi connectivity index (χ0n) is 18.0. The molecule has 0 spiro atoms. The Hall–Kier alpha value is -2.76. The average Bonchev–Trinajstić information content (AvgIpc) is 3.42. The quantitative estimate of drug-likeness (QED) is 0.658. The Balaban J connectivity index is 1.69. The van der Waals surface area contributed by atoms with Gasteiger partial charge < -0.3 is 19.1 Å². The molecule has 5 rings (SSSR count). The van der Waals surface area contributed by atoms with Crippen molar-refractivity contribution in [3.05, 3.63) is 51.6 Å². The lowest BCUT2D eigenvalue weighted by Crippen LogP contribution is -2.30. The smallest absolute Gasteiger partial charge is 0.228 e. The third-order valence-corrected chi connectivity index (χ3v) is 6.79. The molecule has 2 aromatic rings. The largest absolute Gasteiger partial charge is 0.508 e. The number of pyridine rings is 1. The number of rotatable bonds is 6. The molecule has 31 heavy (non-hydrogen) atoms. The van der Waals surface area contributed by atoms with Crippen LogP contribution in [0.2, 0.25) is 0 Å². The highest BCUT2D eigenvalue weighted by atomic mass is 19.1. The second-order valence-electron chi connectivity index (χ2n) is 9.30. The summed E-state index contributed by atoms with van der Waals surface area (Å²) in [4.78, 5) is 12.7. The minimum Gasteiger partial charge on any atom is -0.508 e. The Labute approximate surface area is 181 Å². The molecule has 1 N–H and O–H groups in total. The molecule has 1 aromatic heterocycles. The first kappa shape index (κ1) is 20.2. The van der Waals surface area contributed by atoms with Crippen LogP contribution in [0.15, 0.2) is 23.6 Å². The van der Waals surface area contributed by atoms with Crippen molar-refractivity contribution < 1.29 is 19.0 Å². The standard InChI is InChI=1S/C25H28FNO4/c1-13(2)19-10-16-11-20(30-8-6-15-4-5-15)25-17(7-9-31-25)21(16)23-22(26)24(29)18(14(3)28)12-27(19)23/h11-13,15,19,28H,3-10H2,1-2H3. The molecule has 1 unspecified atom stereocenters. The topological polar surface area (TPSA) is 60.7 Å². The first-order chi connectivity index (χ1) is 14.9. The summed E-state index contributed by atoms with van der Waals surface area (Å²) in [5.41, 5.74) is 1.99. The van der Waals surface area contributed by atoms with E-state index >= 15 is 4.39 Å². The molecule has 3 aliphatic rings. The van der Waals surface area contributed by atoms with Crippen molar-refractivity contribution in [1.29, 1.82) is 0 Å². The van der Waals surface area contributed by atoms with E-state index in [0.717, 1.165) is 34.8 Å². The van der Waals surface area contributed by atoms with Crippen LogP contribution in [0.25, 0.3) is 17.0 Å². The summed E-state index contributed by atoms with van der Waals surface area (Å²) in [7, 11) is 0. The number of aliphatic hydroxyl groups excluding tert-OH is 1. The van der Waals surface area contributed by atoms with Crippen molar-refractivity contribution in [3.63, 3.8) is 0 Å². The van der Waals surface area contributed by atoms with E-state index in [1.807, 2.05) is 10.6 Å². The van der Waals surface area contributed by atoms with Gasteiger partial charge in [0.15, 0.2) is 17.3 Å². The highest BCUT2D eigenvalue weighted by Crippen LogP contribution is 2.49. The van der Waals surface area contributed by atoms with E-state index in [9.17, 15) is 9.90 Å². The van der Waals surface area contributed by atoms with Crippen molar-refractivity contribution in [1.82, 2.24) is 4.57 Å². The molecule has 5 nitrogen and oxygen atoms in total. The molecule has 1 atom stereocenters. The molecule has 1 aliphatic carbocycles. The Morgan fingerprint density at radius 2 is 2.19 bits per heavy atom. The molecule has 2 aliphatic heterocycles. The summed E-state index contributed by atoms with van der Waals surface area (Å²) < 4.78 is 29.4. The van der Waals surface area contributed by atoms with Gasteiger partial charge in [-0.25, -0.2) is 4.39 Å². The Bertz CT molecular complexity index is 1130. The Morgan fingerprint density at radius 1 is 1.42 bits per heavy atom. The summed E-state index contributed by atoms with van der Waals surface area (Å²) in [6.07, 6.45) is 6.49. The molecule has 164 valence electrons. The predicted molar refractivity (Wildman–Crippen MR) is 117 cm³/mol.